The third kappa shape index (κ3) is 3.92. The lowest BCUT2D eigenvalue weighted by atomic mass is 10.0. The number of hydrogen-bond donors (Lipinski definition) is 0. The molecule has 0 bridgehead atoms. The molecule has 1 aliphatic carbocycles. The molecule has 0 aromatic heterocycles. The summed E-state index contributed by atoms with van der Waals surface area (Å²) in [6.45, 7) is 0.598. The van der Waals surface area contributed by atoms with E-state index in [-0.39, 0.29) is 23.6 Å². The van der Waals surface area contributed by atoms with Gasteiger partial charge in [-0.05, 0) is 46.7 Å². The van der Waals surface area contributed by atoms with Crippen LogP contribution in [0.25, 0.3) is 11.1 Å². The number of carbonyl (C=O) groups excluding carboxylic acids is 1. The summed E-state index contributed by atoms with van der Waals surface area (Å²) in [5.41, 5.74) is 4.53. The van der Waals surface area contributed by atoms with Gasteiger partial charge in [0.1, 0.15) is 5.82 Å². The molecule has 27 heavy (non-hydrogen) atoms. The van der Waals surface area contributed by atoms with E-state index in [4.69, 9.17) is 0 Å². The number of hydrogen-bond acceptors (Lipinski definition) is 1. The normalized spacial score (nSPS) is 18.1. The van der Waals surface area contributed by atoms with Crippen molar-refractivity contribution in [3.8, 4) is 11.1 Å². The molecule has 2 nitrogen and oxygen atoms in total. The molecular weight excluding hydrogens is 337 g/mol. The van der Waals surface area contributed by atoms with E-state index >= 15 is 0 Å². The van der Waals surface area contributed by atoms with Gasteiger partial charge in [0, 0.05) is 19.5 Å². The maximum atomic E-state index is 13.1. The maximum absolute atomic E-state index is 13.1. The van der Waals surface area contributed by atoms with E-state index in [1.54, 1.807) is 17.0 Å². The van der Waals surface area contributed by atoms with Crippen molar-refractivity contribution in [1.82, 2.24) is 4.90 Å². The van der Waals surface area contributed by atoms with Crippen LogP contribution in [0.5, 0.6) is 0 Å². The SMILES string of the molecule is CN(Cc1ccc(-c2ccccc2)cc1)C(=O)[C@H]1C[C@@H]1c1ccc(F)cc1. The first-order valence-electron chi connectivity index (χ1n) is 9.26. The molecule has 1 amide bonds. The van der Waals surface area contributed by atoms with E-state index in [2.05, 4.69) is 36.4 Å². The summed E-state index contributed by atoms with van der Waals surface area (Å²) >= 11 is 0. The zero-order valence-electron chi connectivity index (χ0n) is 15.3. The second-order valence-corrected chi connectivity index (χ2v) is 7.26. The van der Waals surface area contributed by atoms with Crippen molar-refractivity contribution in [1.29, 1.82) is 0 Å². The monoisotopic (exact) mass is 359 g/mol. The van der Waals surface area contributed by atoms with E-state index in [1.165, 1.54) is 23.3 Å². The van der Waals surface area contributed by atoms with Gasteiger partial charge in [0.15, 0.2) is 0 Å². The van der Waals surface area contributed by atoms with Crippen LogP contribution in [0.2, 0.25) is 0 Å². The molecule has 0 radical (unpaired) electrons. The van der Waals surface area contributed by atoms with Crippen LogP contribution in [-0.4, -0.2) is 17.9 Å². The summed E-state index contributed by atoms with van der Waals surface area (Å²) in [6, 6.07) is 25.1. The Morgan fingerprint density at radius 2 is 1.56 bits per heavy atom. The zero-order valence-corrected chi connectivity index (χ0v) is 15.3. The Balaban J connectivity index is 1.37. The first-order valence-corrected chi connectivity index (χ1v) is 9.26. The summed E-state index contributed by atoms with van der Waals surface area (Å²) in [4.78, 5) is 14.5. The largest absolute Gasteiger partial charge is 0.341 e. The Bertz CT molecular complexity index is 919. The first-order chi connectivity index (χ1) is 13.1. The van der Waals surface area contributed by atoms with E-state index in [1.807, 2.05) is 25.2 Å². The Morgan fingerprint density at radius 3 is 2.22 bits per heavy atom. The molecule has 136 valence electrons. The van der Waals surface area contributed by atoms with Crippen molar-refractivity contribution in [2.24, 2.45) is 5.92 Å². The van der Waals surface area contributed by atoms with Gasteiger partial charge in [-0.25, -0.2) is 4.39 Å². The zero-order chi connectivity index (χ0) is 18.8. The smallest absolute Gasteiger partial charge is 0.226 e. The van der Waals surface area contributed by atoms with Crippen LogP contribution in [0.3, 0.4) is 0 Å². The minimum Gasteiger partial charge on any atom is -0.341 e. The molecule has 3 aromatic carbocycles. The molecule has 3 heteroatoms. The van der Waals surface area contributed by atoms with Gasteiger partial charge in [-0.1, -0.05) is 66.7 Å². The van der Waals surface area contributed by atoms with E-state index in [0.29, 0.717) is 6.54 Å². The van der Waals surface area contributed by atoms with Crippen molar-refractivity contribution in [3.05, 3.63) is 95.8 Å². The molecule has 1 fully saturated rings. The molecule has 1 saturated carbocycles. The molecule has 0 spiro atoms. The number of halogens is 1. The van der Waals surface area contributed by atoms with Crippen molar-refractivity contribution >= 4 is 5.91 Å². The van der Waals surface area contributed by atoms with Gasteiger partial charge in [-0.15, -0.1) is 0 Å². The Labute approximate surface area is 159 Å². The second-order valence-electron chi connectivity index (χ2n) is 7.26. The highest BCUT2D eigenvalue weighted by Gasteiger charge is 2.45. The molecule has 0 N–H and O–H groups in total. The summed E-state index contributed by atoms with van der Waals surface area (Å²) in [7, 11) is 1.85. The van der Waals surface area contributed by atoms with Crippen LogP contribution in [0.15, 0.2) is 78.9 Å². The first kappa shape index (κ1) is 17.5. The topological polar surface area (TPSA) is 20.3 Å². The average Bonchev–Trinajstić information content (AvgIpc) is 3.50. The third-order valence-electron chi connectivity index (χ3n) is 5.26. The summed E-state index contributed by atoms with van der Waals surface area (Å²) < 4.78 is 13.1. The molecule has 0 heterocycles. The van der Waals surface area contributed by atoms with Gasteiger partial charge < -0.3 is 4.90 Å². The highest BCUT2D eigenvalue weighted by Crippen LogP contribution is 2.48. The van der Waals surface area contributed by atoms with Gasteiger partial charge in [0.2, 0.25) is 5.91 Å². The molecule has 0 saturated heterocycles. The lowest BCUT2D eigenvalue weighted by molar-refractivity contribution is -0.131. The molecule has 4 rings (SSSR count). The van der Waals surface area contributed by atoms with Crippen molar-refractivity contribution < 1.29 is 9.18 Å². The van der Waals surface area contributed by atoms with Gasteiger partial charge in [-0.3, -0.25) is 4.79 Å². The minimum absolute atomic E-state index is 0.0176. The second kappa shape index (κ2) is 7.36. The lowest BCUT2D eigenvalue weighted by Crippen LogP contribution is -2.28. The standard InChI is InChI=1S/C24H22FNO/c1-26(24(27)23-15-22(23)20-11-13-21(25)14-12-20)16-17-7-9-19(10-8-17)18-5-3-2-4-6-18/h2-14,22-23H,15-16H2,1H3/t22-,23+/m1/s1. The highest BCUT2D eigenvalue weighted by molar-refractivity contribution is 5.82. The number of carbonyl (C=O) groups is 1. The fourth-order valence-corrected chi connectivity index (χ4v) is 3.61. The van der Waals surface area contributed by atoms with Crippen LogP contribution in [0.1, 0.15) is 23.5 Å². The minimum atomic E-state index is -0.238. The predicted molar refractivity (Wildman–Crippen MR) is 106 cm³/mol. The lowest BCUT2D eigenvalue weighted by Gasteiger charge is -2.18. The Kier molecular flexibility index (Phi) is 4.76. The van der Waals surface area contributed by atoms with Crippen LogP contribution >= 0.6 is 0 Å². The van der Waals surface area contributed by atoms with Crippen LogP contribution in [0, 0.1) is 11.7 Å². The molecule has 3 aromatic rings. The van der Waals surface area contributed by atoms with Crippen LogP contribution < -0.4 is 0 Å². The van der Waals surface area contributed by atoms with Crippen molar-refractivity contribution in [2.75, 3.05) is 7.05 Å². The van der Waals surface area contributed by atoms with Gasteiger partial charge >= 0.3 is 0 Å². The van der Waals surface area contributed by atoms with Gasteiger partial charge in [0.05, 0.1) is 0 Å². The summed E-state index contributed by atoms with van der Waals surface area (Å²) in [5.74, 6) is 0.167. The quantitative estimate of drug-likeness (QED) is 0.609. The van der Waals surface area contributed by atoms with E-state index in [9.17, 15) is 9.18 Å². The predicted octanol–water partition coefficient (Wildman–Crippen LogP) is 5.25. The van der Waals surface area contributed by atoms with E-state index < -0.39 is 0 Å². The third-order valence-corrected chi connectivity index (χ3v) is 5.26. The van der Waals surface area contributed by atoms with Gasteiger partial charge in [-0.2, -0.15) is 0 Å². The average molecular weight is 359 g/mol. The van der Waals surface area contributed by atoms with E-state index in [0.717, 1.165) is 17.5 Å². The van der Waals surface area contributed by atoms with Crippen molar-refractivity contribution in [3.63, 3.8) is 0 Å². The maximum Gasteiger partial charge on any atom is 0.226 e. The molecule has 0 unspecified atom stereocenters. The molecule has 1 aliphatic rings. The van der Waals surface area contributed by atoms with Crippen LogP contribution in [0.4, 0.5) is 4.39 Å². The molecular formula is C24H22FNO. The van der Waals surface area contributed by atoms with Crippen LogP contribution in [-0.2, 0) is 11.3 Å². The highest BCUT2D eigenvalue weighted by atomic mass is 19.1. The number of amides is 1. The Hall–Kier alpha value is -2.94. The fraction of sp³-hybridized carbons (Fsp3) is 0.208. The van der Waals surface area contributed by atoms with Gasteiger partial charge in [0.25, 0.3) is 0 Å². The Morgan fingerprint density at radius 1 is 0.926 bits per heavy atom. The molecule has 0 aliphatic heterocycles. The number of rotatable bonds is 5. The summed E-state index contributed by atoms with van der Waals surface area (Å²) in [5, 5.41) is 0. The molecule has 2 atom stereocenters. The fourth-order valence-electron chi connectivity index (χ4n) is 3.61. The summed E-state index contributed by atoms with van der Waals surface area (Å²) in [6.07, 6.45) is 0.849. The number of benzene rings is 3. The van der Waals surface area contributed by atoms with Crippen molar-refractivity contribution in [2.45, 2.75) is 18.9 Å². The number of nitrogens with zero attached hydrogens (tertiary/aromatic N) is 1.